The lowest BCUT2D eigenvalue weighted by Crippen LogP contribution is -2.28. The molecule has 0 heterocycles. The van der Waals surface area contributed by atoms with Gasteiger partial charge in [0.15, 0.2) is 17.6 Å². The van der Waals surface area contributed by atoms with Gasteiger partial charge in [0.25, 0.3) is 0 Å². The normalized spacial score (nSPS) is 10.2. The Morgan fingerprint density at radius 2 is 1.45 bits per heavy atom. The third kappa shape index (κ3) is 3.97. The Hall–Kier alpha value is -2.57. The summed E-state index contributed by atoms with van der Waals surface area (Å²) >= 11 is 0. The number of hydrogen-bond donors (Lipinski definition) is 0. The summed E-state index contributed by atoms with van der Waals surface area (Å²) in [5.74, 6) is -8.98. The van der Waals surface area contributed by atoms with Gasteiger partial charge in [0, 0.05) is 0 Å². The van der Waals surface area contributed by atoms with Crippen LogP contribution in [0, 0.1) is 17.5 Å². The van der Waals surface area contributed by atoms with Crippen LogP contribution >= 0.6 is 0 Å². The van der Waals surface area contributed by atoms with Gasteiger partial charge in [-0.05, 0) is 12.1 Å². The Morgan fingerprint density at radius 1 is 1.00 bits per heavy atom. The van der Waals surface area contributed by atoms with Crippen molar-refractivity contribution in [1.82, 2.24) is 0 Å². The van der Waals surface area contributed by atoms with Crippen molar-refractivity contribution in [3.8, 4) is 0 Å². The van der Waals surface area contributed by atoms with Gasteiger partial charge in [-0.1, -0.05) is 25.3 Å². The van der Waals surface area contributed by atoms with E-state index in [-0.39, 0.29) is 13.2 Å². The minimum atomic E-state index is -2.09. The van der Waals surface area contributed by atoms with E-state index in [0.29, 0.717) is 12.1 Å². The van der Waals surface area contributed by atoms with Crippen LogP contribution in [-0.4, -0.2) is 25.2 Å². The lowest BCUT2D eigenvalue weighted by molar-refractivity contribution is -0.156. The molecule has 0 saturated carbocycles. The predicted octanol–water partition coefficient (Wildman–Crippen LogP) is 2.65. The maximum Gasteiger partial charge on any atom is 0.325 e. The number of carbonyl (C=O) groups is 2. The zero-order valence-electron chi connectivity index (χ0n) is 11.5. The van der Waals surface area contributed by atoms with Crippen LogP contribution in [-0.2, 0) is 19.1 Å². The van der Waals surface area contributed by atoms with E-state index in [1.807, 2.05) is 0 Å². The van der Waals surface area contributed by atoms with E-state index in [1.54, 1.807) is 0 Å². The molecule has 0 aliphatic heterocycles. The van der Waals surface area contributed by atoms with Crippen molar-refractivity contribution in [3.63, 3.8) is 0 Å². The predicted molar refractivity (Wildman–Crippen MR) is 71.4 cm³/mol. The van der Waals surface area contributed by atoms with Crippen molar-refractivity contribution < 1.29 is 32.2 Å². The van der Waals surface area contributed by atoms with E-state index in [9.17, 15) is 22.8 Å². The summed E-state index contributed by atoms with van der Waals surface area (Å²) in [4.78, 5) is 23.7. The Bertz CT molecular complexity index is 575. The number of ether oxygens (including phenoxy) is 2. The van der Waals surface area contributed by atoms with Crippen LogP contribution in [0.25, 0.3) is 0 Å². The van der Waals surface area contributed by atoms with E-state index in [4.69, 9.17) is 0 Å². The molecule has 118 valence electrons. The molecule has 0 radical (unpaired) electrons. The van der Waals surface area contributed by atoms with Gasteiger partial charge >= 0.3 is 11.9 Å². The Balaban J connectivity index is 3.28. The second-order valence-corrected chi connectivity index (χ2v) is 4.03. The largest absolute Gasteiger partial charge is 0.461 e. The topological polar surface area (TPSA) is 52.6 Å². The summed E-state index contributed by atoms with van der Waals surface area (Å²) in [6.07, 6.45) is 2.39. The fourth-order valence-electron chi connectivity index (χ4n) is 1.59. The summed E-state index contributed by atoms with van der Waals surface area (Å²) in [7, 11) is 0. The van der Waals surface area contributed by atoms with Gasteiger partial charge in [-0.3, -0.25) is 9.59 Å². The smallest absolute Gasteiger partial charge is 0.325 e. The quantitative estimate of drug-likeness (QED) is 0.336. The standard InChI is InChI=1S/C15H13F3O4/c1-3-7-21-14(19)12(15(20)22-8-4-2)11-9(16)5-6-10(17)13(11)18/h3-6,12H,1-2,7-8H2. The fraction of sp³-hybridized carbons (Fsp3) is 0.200. The Kier molecular flexibility index (Phi) is 6.37. The van der Waals surface area contributed by atoms with E-state index < -0.39 is 40.9 Å². The molecule has 0 aliphatic rings. The van der Waals surface area contributed by atoms with E-state index in [0.717, 1.165) is 0 Å². The second-order valence-electron chi connectivity index (χ2n) is 4.03. The average molecular weight is 314 g/mol. The Labute approximate surface area is 124 Å². The molecule has 0 aromatic heterocycles. The number of benzene rings is 1. The van der Waals surface area contributed by atoms with Crippen LogP contribution in [0.4, 0.5) is 13.2 Å². The number of halogens is 3. The van der Waals surface area contributed by atoms with Crippen molar-refractivity contribution in [2.75, 3.05) is 13.2 Å². The molecule has 0 N–H and O–H groups in total. The van der Waals surface area contributed by atoms with Crippen molar-refractivity contribution in [3.05, 3.63) is 60.5 Å². The van der Waals surface area contributed by atoms with Gasteiger partial charge in [-0.15, -0.1) is 0 Å². The average Bonchev–Trinajstić information content (AvgIpc) is 2.50. The summed E-state index contributed by atoms with van der Waals surface area (Å²) in [6.45, 7) is 6.01. The van der Waals surface area contributed by atoms with Gasteiger partial charge in [0.1, 0.15) is 19.0 Å². The first-order valence-electron chi connectivity index (χ1n) is 6.12. The second kappa shape index (κ2) is 8.02. The zero-order chi connectivity index (χ0) is 16.7. The van der Waals surface area contributed by atoms with Crippen molar-refractivity contribution in [2.45, 2.75) is 5.92 Å². The molecule has 1 rings (SSSR count). The van der Waals surface area contributed by atoms with Crippen molar-refractivity contribution in [1.29, 1.82) is 0 Å². The van der Waals surface area contributed by atoms with Crippen LogP contribution in [0.2, 0.25) is 0 Å². The molecule has 1 aromatic rings. The van der Waals surface area contributed by atoms with Gasteiger partial charge in [-0.25, -0.2) is 13.2 Å². The highest BCUT2D eigenvalue weighted by Gasteiger charge is 2.37. The number of hydrogen-bond acceptors (Lipinski definition) is 4. The van der Waals surface area contributed by atoms with E-state index in [1.165, 1.54) is 12.2 Å². The molecule has 1 aromatic carbocycles. The fourth-order valence-corrected chi connectivity index (χ4v) is 1.59. The summed E-state index contributed by atoms with van der Waals surface area (Å²) in [6, 6.07) is 1.14. The molecule has 7 heteroatoms. The van der Waals surface area contributed by atoms with E-state index in [2.05, 4.69) is 22.6 Å². The summed E-state index contributed by atoms with van der Waals surface area (Å²) in [5.41, 5.74) is -1.07. The molecule has 0 unspecified atom stereocenters. The lowest BCUT2D eigenvalue weighted by atomic mass is 9.97. The van der Waals surface area contributed by atoms with Crippen molar-refractivity contribution >= 4 is 11.9 Å². The molecule has 4 nitrogen and oxygen atoms in total. The third-order valence-corrected chi connectivity index (χ3v) is 2.53. The van der Waals surface area contributed by atoms with Gasteiger partial charge in [0.05, 0.1) is 5.56 Å². The monoisotopic (exact) mass is 314 g/mol. The maximum absolute atomic E-state index is 13.8. The van der Waals surface area contributed by atoms with Gasteiger partial charge in [0.2, 0.25) is 0 Å². The molecule has 0 aliphatic carbocycles. The molecule has 0 atom stereocenters. The van der Waals surface area contributed by atoms with Crippen molar-refractivity contribution in [2.24, 2.45) is 0 Å². The minimum absolute atomic E-state index is 0.289. The number of carbonyl (C=O) groups excluding carboxylic acids is 2. The SMILES string of the molecule is C=CCOC(=O)C(C(=O)OCC=C)c1c(F)ccc(F)c1F. The third-order valence-electron chi connectivity index (χ3n) is 2.53. The first-order chi connectivity index (χ1) is 10.4. The zero-order valence-corrected chi connectivity index (χ0v) is 11.5. The first-order valence-corrected chi connectivity index (χ1v) is 6.12. The molecule has 0 saturated heterocycles. The highest BCUT2D eigenvalue weighted by molar-refractivity contribution is 6.01. The molecule has 0 amide bonds. The van der Waals surface area contributed by atoms with Crippen LogP contribution < -0.4 is 0 Å². The van der Waals surface area contributed by atoms with Crippen LogP contribution in [0.5, 0.6) is 0 Å². The molecule has 0 fully saturated rings. The molecule has 0 spiro atoms. The molecular weight excluding hydrogens is 301 g/mol. The van der Waals surface area contributed by atoms with Crippen LogP contribution in [0.3, 0.4) is 0 Å². The molecule has 0 bridgehead atoms. The van der Waals surface area contributed by atoms with Gasteiger partial charge < -0.3 is 9.47 Å². The summed E-state index contributed by atoms with van der Waals surface area (Å²) in [5, 5.41) is 0. The van der Waals surface area contributed by atoms with Crippen LogP contribution in [0.1, 0.15) is 11.5 Å². The molecule has 22 heavy (non-hydrogen) atoms. The Morgan fingerprint density at radius 3 is 1.91 bits per heavy atom. The summed E-state index contributed by atoms with van der Waals surface area (Å²) < 4.78 is 50.1. The van der Waals surface area contributed by atoms with Crippen LogP contribution in [0.15, 0.2) is 37.4 Å². The van der Waals surface area contributed by atoms with Gasteiger partial charge in [-0.2, -0.15) is 0 Å². The number of esters is 2. The maximum atomic E-state index is 13.8. The highest BCUT2D eigenvalue weighted by Crippen LogP contribution is 2.27. The highest BCUT2D eigenvalue weighted by atomic mass is 19.2. The minimum Gasteiger partial charge on any atom is -0.461 e. The number of rotatable bonds is 7. The first kappa shape index (κ1) is 17.5. The lowest BCUT2D eigenvalue weighted by Gasteiger charge is -2.16. The molecular formula is C15H13F3O4. The van der Waals surface area contributed by atoms with E-state index >= 15 is 0 Å².